The summed E-state index contributed by atoms with van der Waals surface area (Å²) in [6.07, 6.45) is 3.38. The van der Waals surface area contributed by atoms with Crippen molar-refractivity contribution in [1.82, 2.24) is 0 Å². The predicted molar refractivity (Wildman–Crippen MR) is 93.8 cm³/mol. The number of benzene rings is 3. The molecule has 1 nitrogen and oxygen atoms in total. The Morgan fingerprint density at radius 2 is 1.64 bits per heavy atom. The molecule has 0 bridgehead atoms. The molecule has 0 N–H and O–H groups in total. The average molecular weight is 327 g/mol. The molecule has 0 unspecified atom stereocenters. The topological polar surface area (TPSA) is 17.1 Å². The maximum Gasteiger partial charge on any atom is 0.185 e. The second kappa shape index (κ2) is 6.35. The SMILES string of the molecule is O=C(C=Cc1cccc2ccccc12)c1ccc(Cl)c(Cl)c1. The Bertz CT molecular complexity index is 876. The van der Waals surface area contributed by atoms with Gasteiger partial charge in [-0.15, -0.1) is 0 Å². The molecular weight excluding hydrogens is 315 g/mol. The molecule has 0 aliphatic rings. The van der Waals surface area contributed by atoms with Gasteiger partial charge in [0.2, 0.25) is 0 Å². The van der Waals surface area contributed by atoms with E-state index >= 15 is 0 Å². The van der Waals surface area contributed by atoms with Gasteiger partial charge in [-0.25, -0.2) is 0 Å². The van der Waals surface area contributed by atoms with E-state index < -0.39 is 0 Å². The highest BCUT2D eigenvalue weighted by molar-refractivity contribution is 6.42. The lowest BCUT2D eigenvalue weighted by atomic mass is 10.0. The molecule has 3 aromatic carbocycles. The summed E-state index contributed by atoms with van der Waals surface area (Å²) in [5, 5.41) is 3.08. The van der Waals surface area contributed by atoms with Gasteiger partial charge in [-0.1, -0.05) is 71.7 Å². The smallest absolute Gasteiger partial charge is 0.185 e. The molecule has 0 atom stereocenters. The lowest BCUT2D eigenvalue weighted by Gasteiger charge is -2.02. The minimum Gasteiger partial charge on any atom is -0.289 e. The average Bonchev–Trinajstić information content (AvgIpc) is 2.55. The van der Waals surface area contributed by atoms with E-state index in [0.29, 0.717) is 15.6 Å². The van der Waals surface area contributed by atoms with Crippen LogP contribution in [0.3, 0.4) is 0 Å². The van der Waals surface area contributed by atoms with Crippen molar-refractivity contribution in [2.24, 2.45) is 0 Å². The summed E-state index contributed by atoms with van der Waals surface area (Å²) < 4.78 is 0. The van der Waals surface area contributed by atoms with Gasteiger partial charge in [-0.3, -0.25) is 4.79 Å². The molecule has 22 heavy (non-hydrogen) atoms. The van der Waals surface area contributed by atoms with Gasteiger partial charge in [-0.2, -0.15) is 0 Å². The first-order valence-electron chi connectivity index (χ1n) is 6.80. The number of hydrogen-bond donors (Lipinski definition) is 0. The first kappa shape index (κ1) is 14.8. The van der Waals surface area contributed by atoms with E-state index in [0.717, 1.165) is 16.3 Å². The molecule has 3 rings (SSSR count). The van der Waals surface area contributed by atoms with Gasteiger partial charge in [0, 0.05) is 5.56 Å². The molecular formula is C19H12Cl2O. The zero-order valence-electron chi connectivity index (χ0n) is 11.6. The maximum atomic E-state index is 12.2. The van der Waals surface area contributed by atoms with Crippen molar-refractivity contribution in [1.29, 1.82) is 0 Å². The molecule has 108 valence electrons. The molecule has 3 heteroatoms. The van der Waals surface area contributed by atoms with Gasteiger partial charge in [-0.05, 0) is 40.6 Å². The third-order valence-electron chi connectivity index (χ3n) is 3.44. The van der Waals surface area contributed by atoms with E-state index in [1.807, 2.05) is 48.5 Å². The number of fused-ring (bicyclic) bond motifs is 1. The molecule has 0 aliphatic carbocycles. The quantitative estimate of drug-likeness (QED) is 0.423. The van der Waals surface area contributed by atoms with Gasteiger partial charge in [0.15, 0.2) is 5.78 Å². The standard InChI is InChI=1S/C19H12Cl2O/c20-17-10-8-15(12-18(17)21)19(22)11-9-14-6-3-5-13-4-1-2-7-16(13)14/h1-12H. The van der Waals surface area contributed by atoms with Crippen LogP contribution in [0.4, 0.5) is 0 Å². The third kappa shape index (κ3) is 3.06. The lowest BCUT2D eigenvalue weighted by molar-refractivity contribution is 0.104. The maximum absolute atomic E-state index is 12.2. The Kier molecular flexibility index (Phi) is 4.28. The largest absolute Gasteiger partial charge is 0.289 e. The predicted octanol–water partition coefficient (Wildman–Crippen LogP) is 6.04. The summed E-state index contributed by atoms with van der Waals surface area (Å²) in [7, 11) is 0. The van der Waals surface area contributed by atoms with Gasteiger partial charge >= 0.3 is 0 Å². The fourth-order valence-corrected chi connectivity index (χ4v) is 2.60. The van der Waals surface area contributed by atoms with Crippen LogP contribution < -0.4 is 0 Å². The fourth-order valence-electron chi connectivity index (χ4n) is 2.31. The van der Waals surface area contributed by atoms with E-state index in [1.165, 1.54) is 0 Å². The molecule has 0 heterocycles. The minimum absolute atomic E-state index is 0.105. The van der Waals surface area contributed by atoms with Crippen molar-refractivity contribution in [3.8, 4) is 0 Å². The molecule has 0 radical (unpaired) electrons. The molecule has 3 aromatic rings. The summed E-state index contributed by atoms with van der Waals surface area (Å²) in [5.74, 6) is -0.105. The van der Waals surface area contributed by atoms with Crippen LogP contribution in [0.5, 0.6) is 0 Å². The van der Waals surface area contributed by atoms with Crippen molar-refractivity contribution in [3.05, 3.63) is 87.9 Å². The summed E-state index contributed by atoms with van der Waals surface area (Å²) >= 11 is 11.8. The number of carbonyl (C=O) groups is 1. The summed E-state index contributed by atoms with van der Waals surface area (Å²) in [6.45, 7) is 0. The monoisotopic (exact) mass is 326 g/mol. The van der Waals surface area contributed by atoms with E-state index in [1.54, 1.807) is 24.3 Å². The van der Waals surface area contributed by atoms with Gasteiger partial charge in [0.1, 0.15) is 0 Å². The van der Waals surface area contributed by atoms with E-state index in [-0.39, 0.29) is 5.78 Å². The zero-order chi connectivity index (χ0) is 15.5. The zero-order valence-corrected chi connectivity index (χ0v) is 13.1. The second-order valence-electron chi connectivity index (χ2n) is 4.89. The van der Waals surface area contributed by atoms with Crippen molar-refractivity contribution in [2.45, 2.75) is 0 Å². The van der Waals surface area contributed by atoms with Crippen molar-refractivity contribution >= 4 is 45.8 Å². The summed E-state index contributed by atoms with van der Waals surface area (Å²) in [5.41, 5.74) is 1.53. The Morgan fingerprint density at radius 1 is 0.864 bits per heavy atom. The van der Waals surface area contributed by atoms with Crippen LogP contribution in [-0.4, -0.2) is 5.78 Å². The number of rotatable bonds is 3. The molecule has 0 aliphatic heterocycles. The highest BCUT2D eigenvalue weighted by atomic mass is 35.5. The first-order chi connectivity index (χ1) is 10.6. The normalized spacial score (nSPS) is 11.2. The minimum atomic E-state index is -0.105. The van der Waals surface area contributed by atoms with Crippen LogP contribution in [0.2, 0.25) is 10.0 Å². The number of hydrogen-bond acceptors (Lipinski definition) is 1. The molecule has 0 aromatic heterocycles. The Labute approximate surface area is 138 Å². The van der Waals surface area contributed by atoms with Crippen LogP contribution in [0.25, 0.3) is 16.8 Å². The van der Waals surface area contributed by atoms with E-state index in [4.69, 9.17) is 23.2 Å². The Morgan fingerprint density at radius 3 is 2.45 bits per heavy atom. The number of allylic oxidation sites excluding steroid dienone is 1. The van der Waals surface area contributed by atoms with Crippen molar-refractivity contribution in [2.75, 3.05) is 0 Å². The van der Waals surface area contributed by atoms with Gasteiger partial charge < -0.3 is 0 Å². The Balaban J connectivity index is 1.92. The third-order valence-corrected chi connectivity index (χ3v) is 4.18. The van der Waals surface area contributed by atoms with E-state index in [2.05, 4.69) is 0 Å². The molecule has 0 amide bonds. The van der Waals surface area contributed by atoms with Crippen LogP contribution in [0.15, 0.2) is 66.7 Å². The summed E-state index contributed by atoms with van der Waals surface area (Å²) in [6, 6.07) is 19.0. The molecule has 0 fully saturated rings. The van der Waals surface area contributed by atoms with Gasteiger partial charge in [0.25, 0.3) is 0 Å². The number of carbonyl (C=O) groups excluding carboxylic acids is 1. The highest BCUT2D eigenvalue weighted by Gasteiger charge is 2.05. The van der Waals surface area contributed by atoms with Crippen molar-refractivity contribution in [3.63, 3.8) is 0 Å². The van der Waals surface area contributed by atoms with Crippen LogP contribution in [0.1, 0.15) is 15.9 Å². The van der Waals surface area contributed by atoms with Crippen LogP contribution >= 0.6 is 23.2 Å². The van der Waals surface area contributed by atoms with Crippen LogP contribution in [0, 0.1) is 0 Å². The van der Waals surface area contributed by atoms with Gasteiger partial charge in [0.05, 0.1) is 10.0 Å². The van der Waals surface area contributed by atoms with Crippen molar-refractivity contribution < 1.29 is 4.79 Å². The lowest BCUT2D eigenvalue weighted by Crippen LogP contribution is -1.94. The Hall–Kier alpha value is -2.09. The van der Waals surface area contributed by atoms with Crippen LogP contribution in [-0.2, 0) is 0 Å². The fraction of sp³-hybridized carbons (Fsp3) is 0. The van der Waals surface area contributed by atoms with E-state index in [9.17, 15) is 4.79 Å². The first-order valence-corrected chi connectivity index (χ1v) is 7.56. The molecule has 0 spiro atoms. The summed E-state index contributed by atoms with van der Waals surface area (Å²) in [4.78, 5) is 12.2. The molecule has 0 saturated carbocycles. The number of ketones is 1. The highest BCUT2D eigenvalue weighted by Crippen LogP contribution is 2.23. The second-order valence-corrected chi connectivity index (χ2v) is 5.71. The number of halogens is 2. The molecule has 0 saturated heterocycles.